The first kappa shape index (κ1) is 22.6. The Balaban J connectivity index is 1.88. The summed E-state index contributed by atoms with van der Waals surface area (Å²) in [4.78, 5) is 7.62. The second-order valence-corrected chi connectivity index (χ2v) is 9.82. The highest BCUT2D eigenvalue weighted by Gasteiger charge is 2.26. The number of sulfonamides is 1. The summed E-state index contributed by atoms with van der Waals surface area (Å²) in [6, 6.07) is 11.6. The minimum atomic E-state index is -4.37. The summed E-state index contributed by atoms with van der Waals surface area (Å²) in [5.74, 6) is -0.190. The largest absolute Gasteiger partial charge is 0.455 e. The van der Waals surface area contributed by atoms with E-state index in [0.29, 0.717) is 15.5 Å². The van der Waals surface area contributed by atoms with E-state index in [1.807, 2.05) is 6.07 Å². The predicted octanol–water partition coefficient (Wildman–Crippen LogP) is 4.56. The summed E-state index contributed by atoms with van der Waals surface area (Å²) >= 11 is 6.96. The molecule has 0 spiro atoms. The first-order chi connectivity index (χ1) is 15.7. The lowest BCUT2D eigenvalue weighted by Crippen LogP contribution is -2.16. The topological polar surface area (TPSA) is 145 Å². The van der Waals surface area contributed by atoms with Crippen LogP contribution in [-0.4, -0.2) is 18.4 Å². The van der Waals surface area contributed by atoms with E-state index in [2.05, 4.69) is 9.97 Å². The van der Waals surface area contributed by atoms with E-state index in [4.69, 9.17) is 27.2 Å². The van der Waals surface area contributed by atoms with Crippen molar-refractivity contribution in [3.05, 3.63) is 70.6 Å². The van der Waals surface area contributed by atoms with Crippen LogP contribution in [-0.2, 0) is 10.0 Å². The molecule has 0 aliphatic rings. The Bertz CT molecular complexity index is 1520. The highest BCUT2D eigenvalue weighted by molar-refractivity contribution is 7.89. The quantitative estimate of drug-likeness (QED) is 0.407. The van der Waals surface area contributed by atoms with E-state index >= 15 is 0 Å². The van der Waals surface area contributed by atoms with Crippen LogP contribution >= 0.6 is 22.9 Å². The van der Waals surface area contributed by atoms with Gasteiger partial charge in [-0.05, 0) is 42.5 Å². The number of nitrogen functional groups attached to an aromatic ring is 1. The van der Waals surface area contributed by atoms with E-state index in [1.165, 1.54) is 48.8 Å². The number of thiazole rings is 1. The monoisotopic (exact) mass is 501 g/mol. The molecule has 0 unspecified atom stereocenters. The van der Waals surface area contributed by atoms with Crippen LogP contribution in [0.15, 0.2) is 59.8 Å². The molecule has 2 aromatic heterocycles. The first-order valence-electron chi connectivity index (χ1n) is 9.08. The molecule has 0 aliphatic heterocycles. The van der Waals surface area contributed by atoms with Crippen molar-refractivity contribution < 1.29 is 17.5 Å². The van der Waals surface area contributed by atoms with Crippen molar-refractivity contribution in [2.24, 2.45) is 5.14 Å². The highest BCUT2D eigenvalue weighted by Crippen LogP contribution is 2.40. The van der Waals surface area contributed by atoms with Gasteiger partial charge in [0.05, 0.1) is 6.20 Å². The molecule has 12 heteroatoms. The lowest BCUT2D eigenvalue weighted by molar-refractivity contribution is 0.479. The lowest BCUT2D eigenvalue weighted by Gasteiger charge is -2.15. The number of nitrogens with zero attached hydrogens (tertiary/aromatic N) is 3. The van der Waals surface area contributed by atoms with Gasteiger partial charge in [-0.3, -0.25) is 0 Å². The van der Waals surface area contributed by atoms with Crippen molar-refractivity contribution in [3.8, 4) is 39.3 Å². The average Bonchev–Trinajstić information content (AvgIpc) is 3.20. The van der Waals surface area contributed by atoms with Crippen LogP contribution in [0, 0.1) is 17.1 Å². The van der Waals surface area contributed by atoms with Crippen LogP contribution in [0.3, 0.4) is 0 Å². The number of rotatable bonds is 5. The van der Waals surface area contributed by atoms with Gasteiger partial charge in [-0.2, -0.15) is 5.26 Å². The second-order valence-electron chi connectivity index (χ2n) is 6.66. The molecule has 0 aliphatic carbocycles. The summed E-state index contributed by atoms with van der Waals surface area (Å²) in [7, 11) is -4.37. The Morgan fingerprint density at radius 1 is 1.06 bits per heavy atom. The first-order valence-corrected chi connectivity index (χ1v) is 11.8. The molecule has 4 N–H and O–H groups in total. The summed E-state index contributed by atoms with van der Waals surface area (Å²) < 4.78 is 45.1. The van der Waals surface area contributed by atoms with E-state index in [9.17, 15) is 18.1 Å². The van der Waals surface area contributed by atoms with Crippen LogP contribution in [0.5, 0.6) is 11.5 Å². The molecule has 0 fully saturated rings. The molecule has 8 nitrogen and oxygen atoms in total. The highest BCUT2D eigenvalue weighted by atomic mass is 35.5. The van der Waals surface area contributed by atoms with E-state index in [0.717, 1.165) is 11.3 Å². The number of benzene rings is 2. The Labute approximate surface area is 196 Å². The molecular formula is C21H13ClFN5O3S2. The molecule has 33 heavy (non-hydrogen) atoms. The normalized spacial score (nSPS) is 11.2. The zero-order chi connectivity index (χ0) is 23.8. The Hall–Kier alpha value is -3.56. The molecule has 4 aromatic rings. The SMILES string of the molecule is N#Cc1c(Oc2ccc(F)cc2-c2ccc(N)nc2)ccc(-c2ncc(Cl)s2)c1S(N)(=O)=O. The van der Waals surface area contributed by atoms with Gasteiger partial charge in [-0.25, -0.2) is 27.9 Å². The number of hydrogen-bond donors (Lipinski definition) is 2. The maximum Gasteiger partial charge on any atom is 0.240 e. The zero-order valence-corrected chi connectivity index (χ0v) is 18.9. The van der Waals surface area contributed by atoms with E-state index in [-0.39, 0.29) is 33.5 Å². The maximum atomic E-state index is 14.0. The number of anilines is 1. The molecule has 166 valence electrons. The van der Waals surface area contributed by atoms with Gasteiger partial charge in [-0.15, -0.1) is 11.3 Å². The van der Waals surface area contributed by atoms with Crippen molar-refractivity contribution in [2.45, 2.75) is 4.90 Å². The zero-order valence-electron chi connectivity index (χ0n) is 16.5. The smallest absolute Gasteiger partial charge is 0.240 e. The Kier molecular flexibility index (Phi) is 6.01. The van der Waals surface area contributed by atoms with Crippen LogP contribution in [0.1, 0.15) is 5.56 Å². The number of nitrogens with two attached hydrogens (primary N) is 2. The van der Waals surface area contributed by atoms with Gasteiger partial charge >= 0.3 is 0 Å². The summed E-state index contributed by atoms with van der Waals surface area (Å²) in [5, 5.41) is 15.5. The van der Waals surface area contributed by atoms with Gasteiger partial charge in [-0.1, -0.05) is 11.6 Å². The van der Waals surface area contributed by atoms with Crippen LogP contribution < -0.4 is 15.6 Å². The lowest BCUT2D eigenvalue weighted by atomic mass is 10.1. The predicted molar refractivity (Wildman–Crippen MR) is 123 cm³/mol. The molecule has 0 atom stereocenters. The number of halogens is 2. The number of primary sulfonamides is 1. The van der Waals surface area contributed by atoms with Gasteiger partial charge < -0.3 is 10.5 Å². The number of aromatic nitrogens is 2. The average molecular weight is 502 g/mol. The molecule has 0 radical (unpaired) electrons. The fourth-order valence-corrected chi connectivity index (χ4v) is 5.01. The number of hydrogen-bond acceptors (Lipinski definition) is 8. The fraction of sp³-hybridized carbons (Fsp3) is 0. The molecule has 0 saturated heterocycles. The standard InChI is InChI=1S/C21H13ClFN5O3S2/c22-18-10-28-21(32-18)13-3-5-17(15(8-24)20(13)33(26,29)30)31-16-4-2-12(23)7-14(16)11-1-6-19(25)27-9-11/h1-7,9-10H,(H2,25,27)(H2,26,29,30). The van der Waals surface area contributed by atoms with Gasteiger partial charge in [0.2, 0.25) is 10.0 Å². The van der Waals surface area contributed by atoms with Gasteiger partial charge in [0, 0.05) is 22.9 Å². The maximum absolute atomic E-state index is 14.0. The Morgan fingerprint density at radius 3 is 2.42 bits per heavy atom. The fourth-order valence-electron chi connectivity index (χ4n) is 3.10. The Morgan fingerprint density at radius 2 is 1.82 bits per heavy atom. The van der Waals surface area contributed by atoms with Gasteiger partial charge in [0.25, 0.3) is 0 Å². The molecular weight excluding hydrogens is 489 g/mol. The van der Waals surface area contributed by atoms with Crippen molar-refractivity contribution in [3.63, 3.8) is 0 Å². The molecule has 2 aromatic carbocycles. The third-order valence-corrected chi connectivity index (χ3v) is 6.62. The summed E-state index contributed by atoms with van der Waals surface area (Å²) in [5.41, 5.74) is 6.22. The minimum absolute atomic E-state index is 0.0933. The van der Waals surface area contributed by atoms with E-state index < -0.39 is 20.7 Å². The summed E-state index contributed by atoms with van der Waals surface area (Å²) in [6.45, 7) is 0. The number of ether oxygens (including phenoxy) is 1. The van der Waals surface area contributed by atoms with Crippen molar-refractivity contribution >= 4 is 38.8 Å². The van der Waals surface area contributed by atoms with Crippen molar-refractivity contribution in [1.29, 1.82) is 5.26 Å². The van der Waals surface area contributed by atoms with Crippen LogP contribution in [0.2, 0.25) is 4.34 Å². The summed E-state index contributed by atoms with van der Waals surface area (Å²) in [6.07, 6.45) is 2.80. The molecule has 0 saturated carbocycles. The molecule has 0 amide bonds. The second kappa shape index (κ2) is 8.76. The van der Waals surface area contributed by atoms with Gasteiger partial charge in [0.15, 0.2) is 0 Å². The number of nitriles is 1. The van der Waals surface area contributed by atoms with Crippen LogP contribution in [0.25, 0.3) is 21.7 Å². The van der Waals surface area contributed by atoms with Gasteiger partial charge in [0.1, 0.15) is 49.0 Å². The minimum Gasteiger partial charge on any atom is -0.455 e. The molecule has 0 bridgehead atoms. The van der Waals surface area contributed by atoms with E-state index in [1.54, 1.807) is 6.07 Å². The third-order valence-electron chi connectivity index (χ3n) is 4.48. The van der Waals surface area contributed by atoms with Crippen molar-refractivity contribution in [2.75, 3.05) is 5.73 Å². The molecule has 2 heterocycles. The molecule has 4 rings (SSSR count). The van der Waals surface area contributed by atoms with Crippen molar-refractivity contribution in [1.82, 2.24) is 9.97 Å². The number of pyridine rings is 1. The third kappa shape index (κ3) is 4.64. The van der Waals surface area contributed by atoms with Crippen LogP contribution in [0.4, 0.5) is 10.2 Å².